The first kappa shape index (κ1) is 7.88. The molecule has 0 bridgehead atoms. The fourth-order valence-electron chi connectivity index (χ4n) is 0.812. The SMILES string of the molecule is COc1cc(C[O])ccc1O. The van der Waals surface area contributed by atoms with Crippen molar-refractivity contribution in [2.24, 2.45) is 0 Å². The van der Waals surface area contributed by atoms with Crippen LogP contribution >= 0.6 is 0 Å². The molecule has 1 aromatic rings. The second-order valence-corrected chi connectivity index (χ2v) is 2.15. The topological polar surface area (TPSA) is 49.4 Å². The van der Waals surface area contributed by atoms with E-state index in [2.05, 4.69) is 0 Å². The fraction of sp³-hybridized carbons (Fsp3) is 0.250. The summed E-state index contributed by atoms with van der Waals surface area (Å²) in [5.74, 6) is 0.406. The Morgan fingerprint density at radius 2 is 2.27 bits per heavy atom. The van der Waals surface area contributed by atoms with Crippen molar-refractivity contribution >= 4 is 0 Å². The molecule has 1 aromatic carbocycles. The second kappa shape index (κ2) is 3.25. The molecule has 0 heterocycles. The molecule has 3 heteroatoms. The van der Waals surface area contributed by atoms with Gasteiger partial charge in [-0.15, -0.1) is 0 Å². The highest BCUT2D eigenvalue weighted by atomic mass is 16.5. The first-order valence-corrected chi connectivity index (χ1v) is 3.22. The minimum absolute atomic E-state index is 0.0599. The van der Waals surface area contributed by atoms with Gasteiger partial charge < -0.3 is 9.84 Å². The number of ether oxygens (including phenoxy) is 1. The summed E-state index contributed by atoms with van der Waals surface area (Å²) in [5, 5.41) is 19.5. The number of rotatable bonds is 2. The van der Waals surface area contributed by atoms with Crippen molar-refractivity contribution in [2.45, 2.75) is 6.61 Å². The molecule has 0 fully saturated rings. The van der Waals surface area contributed by atoms with E-state index in [0.717, 1.165) is 0 Å². The van der Waals surface area contributed by atoms with Gasteiger partial charge in [-0.2, -0.15) is 0 Å². The minimum Gasteiger partial charge on any atom is -0.504 e. The smallest absolute Gasteiger partial charge is 0.160 e. The molecule has 0 saturated heterocycles. The maximum absolute atomic E-state index is 10.4. The second-order valence-electron chi connectivity index (χ2n) is 2.15. The Morgan fingerprint density at radius 3 is 2.82 bits per heavy atom. The maximum atomic E-state index is 10.4. The lowest BCUT2D eigenvalue weighted by atomic mass is 10.2. The minimum atomic E-state index is -0.295. The zero-order chi connectivity index (χ0) is 8.27. The molecule has 0 unspecified atom stereocenters. The number of hydrogen-bond donors (Lipinski definition) is 1. The number of aromatic hydroxyl groups is 1. The molecule has 3 nitrogen and oxygen atoms in total. The van der Waals surface area contributed by atoms with Crippen molar-refractivity contribution in [3.63, 3.8) is 0 Å². The molecule has 1 radical (unpaired) electrons. The molecule has 0 aliphatic rings. The Labute approximate surface area is 64.9 Å². The highest BCUT2D eigenvalue weighted by Crippen LogP contribution is 2.25. The Bertz CT molecular complexity index is 245. The Morgan fingerprint density at radius 1 is 1.55 bits per heavy atom. The van der Waals surface area contributed by atoms with E-state index >= 15 is 0 Å². The summed E-state index contributed by atoms with van der Waals surface area (Å²) >= 11 is 0. The van der Waals surface area contributed by atoms with Gasteiger partial charge in [0.2, 0.25) is 0 Å². The van der Waals surface area contributed by atoms with Crippen molar-refractivity contribution in [1.29, 1.82) is 0 Å². The van der Waals surface area contributed by atoms with E-state index in [0.29, 0.717) is 11.3 Å². The van der Waals surface area contributed by atoms with Crippen LogP contribution < -0.4 is 4.74 Å². The lowest BCUT2D eigenvalue weighted by molar-refractivity contribution is 0.177. The average Bonchev–Trinajstić information content (AvgIpc) is 2.05. The summed E-state index contributed by atoms with van der Waals surface area (Å²) in [7, 11) is 1.45. The van der Waals surface area contributed by atoms with E-state index in [4.69, 9.17) is 9.84 Å². The molecular formula is C8H9O3. The zero-order valence-electron chi connectivity index (χ0n) is 6.20. The average molecular weight is 153 g/mol. The first-order chi connectivity index (χ1) is 5.27. The van der Waals surface area contributed by atoms with Crippen LogP contribution in [0, 0.1) is 0 Å². The molecule has 0 atom stereocenters. The standard InChI is InChI=1S/C8H9O3/c1-11-8-4-6(5-9)2-3-7(8)10/h2-4,10H,5H2,1H3. The van der Waals surface area contributed by atoms with Gasteiger partial charge in [0.25, 0.3) is 0 Å². The van der Waals surface area contributed by atoms with Crippen molar-refractivity contribution in [3.05, 3.63) is 23.8 Å². The van der Waals surface area contributed by atoms with E-state index in [-0.39, 0.29) is 12.4 Å². The van der Waals surface area contributed by atoms with Crippen molar-refractivity contribution in [2.75, 3.05) is 7.11 Å². The predicted octanol–water partition coefficient (Wildman–Crippen LogP) is 1.33. The monoisotopic (exact) mass is 153 g/mol. The number of methoxy groups -OCH3 is 1. The molecule has 11 heavy (non-hydrogen) atoms. The molecule has 0 amide bonds. The van der Waals surface area contributed by atoms with E-state index in [1.807, 2.05) is 0 Å². The van der Waals surface area contributed by atoms with Crippen LogP contribution in [0.4, 0.5) is 0 Å². The van der Waals surface area contributed by atoms with Gasteiger partial charge in [0.05, 0.1) is 7.11 Å². The lowest BCUT2D eigenvalue weighted by Gasteiger charge is -2.03. The van der Waals surface area contributed by atoms with Gasteiger partial charge in [-0.05, 0) is 17.7 Å². The van der Waals surface area contributed by atoms with Crippen molar-refractivity contribution in [3.8, 4) is 11.5 Å². The molecule has 1 rings (SSSR count). The maximum Gasteiger partial charge on any atom is 0.160 e. The Balaban J connectivity index is 3.02. The Hall–Kier alpha value is -1.22. The molecule has 1 N–H and O–H groups in total. The molecule has 0 aromatic heterocycles. The van der Waals surface area contributed by atoms with E-state index in [9.17, 15) is 5.11 Å². The predicted molar refractivity (Wildman–Crippen MR) is 39.0 cm³/mol. The van der Waals surface area contributed by atoms with Crippen LogP contribution in [-0.2, 0) is 11.7 Å². The van der Waals surface area contributed by atoms with Gasteiger partial charge in [-0.25, -0.2) is 5.11 Å². The molecule has 0 saturated carbocycles. The summed E-state index contributed by atoms with van der Waals surface area (Å²) in [5.41, 5.74) is 0.611. The molecule has 0 spiro atoms. The fourth-order valence-corrected chi connectivity index (χ4v) is 0.812. The van der Waals surface area contributed by atoms with Crippen LogP contribution in [0.5, 0.6) is 11.5 Å². The summed E-state index contributed by atoms with van der Waals surface area (Å²) in [6.07, 6.45) is 0. The highest BCUT2D eigenvalue weighted by molar-refractivity contribution is 5.41. The number of phenolic OH excluding ortho intramolecular Hbond substituents is 1. The molecule has 59 valence electrons. The highest BCUT2D eigenvalue weighted by Gasteiger charge is 2.00. The zero-order valence-corrected chi connectivity index (χ0v) is 6.20. The van der Waals surface area contributed by atoms with Crippen LogP contribution in [0.25, 0.3) is 0 Å². The van der Waals surface area contributed by atoms with Crippen LogP contribution in [0.1, 0.15) is 5.56 Å². The lowest BCUT2D eigenvalue weighted by Crippen LogP contribution is -1.86. The largest absolute Gasteiger partial charge is 0.504 e. The third-order valence-electron chi connectivity index (χ3n) is 1.41. The van der Waals surface area contributed by atoms with Crippen LogP contribution in [0.15, 0.2) is 18.2 Å². The number of benzene rings is 1. The van der Waals surface area contributed by atoms with Crippen LogP contribution in [-0.4, -0.2) is 12.2 Å². The summed E-state index contributed by atoms with van der Waals surface area (Å²) in [6, 6.07) is 4.55. The summed E-state index contributed by atoms with van der Waals surface area (Å²) in [6.45, 7) is -0.295. The Kier molecular flexibility index (Phi) is 2.33. The van der Waals surface area contributed by atoms with Gasteiger partial charge in [0, 0.05) is 0 Å². The number of hydrogen-bond acceptors (Lipinski definition) is 2. The van der Waals surface area contributed by atoms with Crippen molar-refractivity contribution < 1.29 is 14.9 Å². The van der Waals surface area contributed by atoms with E-state index < -0.39 is 0 Å². The van der Waals surface area contributed by atoms with Gasteiger partial charge >= 0.3 is 0 Å². The quantitative estimate of drug-likeness (QED) is 0.696. The first-order valence-electron chi connectivity index (χ1n) is 3.22. The molecule has 0 aliphatic heterocycles. The summed E-state index contributed by atoms with van der Waals surface area (Å²) < 4.78 is 4.80. The summed E-state index contributed by atoms with van der Waals surface area (Å²) in [4.78, 5) is 0. The van der Waals surface area contributed by atoms with Gasteiger partial charge in [0.1, 0.15) is 6.61 Å². The number of phenols is 1. The van der Waals surface area contributed by atoms with Gasteiger partial charge in [-0.1, -0.05) is 6.07 Å². The molecule has 0 aliphatic carbocycles. The van der Waals surface area contributed by atoms with E-state index in [1.165, 1.54) is 19.2 Å². The van der Waals surface area contributed by atoms with Gasteiger partial charge in [0.15, 0.2) is 11.5 Å². The van der Waals surface area contributed by atoms with E-state index in [1.54, 1.807) is 6.07 Å². The third-order valence-corrected chi connectivity index (χ3v) is 1.41. The van der Waals surface area contributed by atoms with Crippen LogP contribution in [0.2, 0.25) is 0 Å². The normalized spacial score (nSPS) is 9.64. The third kappa shape index (κ3) is 1.62. The van der Waals surface area contributed by atoms with Crippen molar-refractivity contribution in [1.82, 2.24) is 0 Å². The molecular weight excluding hydrogens is 144 g/mol. The van der Waals surface area contributed by atoms with Gasteiger partial charge in [-0.3, -0.25) is 0 Å². The van der Waals surface area contributed by atoms with Crippen LogP contribution in [0.3, 0.4) is 0 Å².